The molecule has 1 saturated heterocycles. The van der Waals surface area contributed by atoms with E-state index < -0.39 is 15.8 Å². The summed E-state index contributed by atoms with van der Waals surface area (Å²) in [7, 11) is -3.09. The van der Waals surface area contributed by atoms with Crippen LogP contribution in [0.3, 0.4) is 0 Å². The monoisotopic (exact) mass is 379 g/mol. The molecule has 0 amide bonds. The van der Waals surface area contributed by atoms with Crippen molar-refractivity contribution in [3.8, 4) is 0 Å². The molecule has 0 saturated carbocycles. The molecule has 1 aromatic rings. The van der Waals surface area contributed by atoms with E-state index >= 15 is 0 Å². The summed E-state index contributed by atoms with van der Waals surface area (Å²) < 4.78 is 36.7. The number of carboxylic acid groups (broad SMARTS) is 1. The molecule has 21 heavy (non-hydrogen) atoms. The van der Waals surface area contributed by atoms with Gasteiger partial charge in [0, 0.05) is 17.1 Å². The first-order valence-corrected chi connectivity index (χ1v) is 8.98. The molecule has 1 unspecified atom stereocenters. The molecule has 2 rings (SSSR count). The molecular formula is C13H15BrFNO4S. The molecule has 1 aliphatic heterocycles. The maximum atomic E-state index is 13.1. The van der Waals surface area contributed by atoms with E-state index in [-0.39, 0.29) is 36.5 Å². The Morgan fingerprint density at radius 2 is 2.19 bits per heavy atom. The maximum absolute atomic E-state index is 13.1. The molecule has 1 aliphatic rings. The van der Waals surface area contributed by atoms with Crippen molar-refractivity contribution in [3.05, 3.63) is 34.1 Å². The fraction of sp³-hybridized carbons (Fsp3) is 0.462. The van der Waals surface area contributed by atoms with Gasteiger partial charge in [-0.25, -0.2) is 12.8 Å². The van der Waals surface area contributed by atoms with Gasteiger partial charge in [-0.15, -0.1) is 0 Å². The molecule has 1 N–H and O–H groups in total. The zero-order chi connectivity index (χ0) is 15.6. The van der Waals surface area contributed by atoms with Crippen molar-refractivity contribution in [3.63, 3.8) is 0 Å². The molecule has 1 aromatic carbocycles. The topological polar surface area (TPSA) is 74.7 Å². The number of rotatable bonds is 5. The smallest absolute Gasteiger partial charge is 0.317 e. The average molecular weight is 380 g/mol. The number of hydrogen-bond acceptors (Lipinski definition) is 4. The van der Waals surface area contributed by atoms with Crippen molar-refractivity contribution < 1.29 is 22.7 Å². The van der Waals surface area contributed by atoms with Crippen molar-refractivity contribution in [2.24, 2.45) is 0 Å². The lowest BCUT2D eigenvalue weighted by atomic mass is 10.1. The minimum Gasteiger partial charge on any atom is -0.480 e. The van der Waals surface area contributed by atoms with Crippen LogP contribution < -0.4 is 0 Å². The van der Waals surface area contributed by atoms with Crippen LogP contribution in [0.4, 0.5) is 4.39 Å². The molecule has 1 fully saturated rings. The third kappa shape index (κ3) is 4.49. The van der Waals surface area contributed by atoms with Gasteiger partial charge in [0.25, 0.3) is 0 Å². The van der Waals surface area contributed by atoms with Gasteiger partial charge in [-0.1, -0.05) is 22.0 Å². The highest BCUT2D eigenvalue weighted by molar-refractivity contribution is 9.10. The van der Waals surface area contributed by atoms with Crippen molar-refractivity contribution in [2.75, 3.05) is 18.1 Å². The number of hydrogen-bond donors (Lipinski definition) is 1. The third-order valence-corrected chi connectivity index (χ3v) is 5.94. The molecule has 0 spiro atoms. The second-order valence-electron chi connectivity index (χ2n) is 5.09. The first kappa shape index (κ1) is 16.4. The van der Waals surface area contributed by atoms with Crippen LogP contribution in [0.5, 0.6) is 0 Å². The van der Waals surface area contributed by atoms with E-state index in [4.69, 9.17) is 5.11 Å². The summed E-state index contributed by atoms with van der Waals surface area (Å²) in [5, 5.41) is 9.00. The van der Waals surface area contributed by atoms with E-state index in [0.717, 1.165) is 5.56 Å². The summed E-state index contributed by atoms with van der Waals surface area (Å²) in [6.07, 6.45) is 0.425. The van der Waals surface area contributed by atoms with Crippen LogP contribution in [0, 0.1) is 5.82 Å². The number of halogens is 2. The summed E-state index contributed by atoms with van der Waals surface area (Å²) in [6, 6.07) is 3.85. The number of nitrogens with zero attached hydrogens (tertiary/aromatic N) is 1. The summed E-state index contributed by atoms with van der Waals surface area (Å²) in [4.78, 5) is 12.6. The van der Waals surface area contributed by atoms with Crippen molar-refractivity contribution in [2.45, 2.75) is 19.0 Å². The van der Waals surface area contributed by atoms with Gasteiger partial charge in [0.15, 0.2) is 9.84 Å². The summed E-state index contributed by atoms with van der Waals surface area (Å²) >= 11 is 3.24. The molecule has 116 valence electrons. The molecule has 8 heteroatoms. The van der Waals surface area contributed by atoms with Gasteiger partial charge in [0.2, 0.25) is 0 Å². The lowest BCUT2D eigenvalue weighted by Gasteiger charge is -2.26. The molecular weight excluding hydrogens is 365 g/mol. The van der Waals surface area contributed by atoms with Gasteiger partial charge in [-0.3, -0.25) is 9.69 Å². The minimum atomic E-state index is -3.09. The Hall–Kier alpha value is -0.990. The molecule has 0 radical (unpaired) electrons. The lowest BCUT2D eigenvalue weighted by Crippen LogP contribution is -2.39. The minimum absolute atomic E-state index is 0.0287. The van der Waals surface area contributed by atoms with Gasteiger partial charge in [-0.2, -0.15) is 0 Å². The predicted octanol–water partition coefficient (Wildman–Crippen LogP) is 1.66. The molecule has 0 aromatic heterocycles. The Kier molecular flexibility index (Phi) is 5.00. The Bertz CT molecular complexity index is 650. The number of sulfone groups is 1. The highest BCUT2D eigenvalue weighted by Gasteiger charge is 2.33. The van der Waals surface area contributed by atoms with Crippen LogP contribution in [0.2, 0.25) is 0 Å². The Labute approximate surface area is 130 Å². The van der Waals surface area contributed by atoms with Gasteiger partial charge < -0.3 is 5.11 Å². The number of carbonyl (C=O) groups is 1. The number of aliphatic carboxylic acids is 1. The Morgan fingerprint density at radius 1 is 1.48 bits per heavy atom. The van der Waals surface area contributed by atoms with E-state index in [9.17, 15) is 17.6 Å². The largest absolute Gasteiger partial charge is 0.480 e. The van der Waals surface area contributed by atoms with Crippen LogP contribution in [-0.2, 0) is 21.2 Å². The summed E-state index contributed by atoms with van der Waals surface area (Å²) in [6.45, 7) is 0.0113. The van der Waals surface area contributed by atoms with Crippen LogP contribution in [0.1, 0.15) is 12.0 Å². The Balaban J connectivity index is 2.18. The molecule has 0 bridgehead atoms. The predicted molar refractivity (Wildman–Crippen MR) is 79.2 cm³/mol. The first-order chi connectivity index (χ1) is 9.77. The fourth-order valence-corrected chi connectivity index (χ4v) is 4.66. The zero-order valence-electron chi connectivity index (χ0n) is 11.1. The van der Waals surface area contributed by atoms with Crippen molar-refractivity contribution >= 4 is 31.7 Å². The summed E-state index contributed by atoms with van der Waals surface area (Å²) in [5.41, 5.74) is 0.724. The van der Waals surface area contributed by atoms with E-state index in [1.54, 1.807) is 11.0 Å². The van der Waals surface area contributed by atoms with Gasteiger partial charge >= 0.3 is 5.97 Å². The number of carboxylic acids is 1. The normalized spacial score (nSPS) is 20.8. The van der Waals surface area contributed by atoms with Crippen molar-refractivity contribution in [1.82, 2.24) is 4.90 Å². The van der Waals surface area contributed by atoms with Gasteiger partial charge in [-0.05, 0) is 24.1 Å². The van der Waals surface area contributed by atoms with E-state index in [2.05, 4.69) is 15.9 Å². The highest BCUT2D eigenvalue weighted by Crippen LogP contribution is 2.24. The lowest BCUT2D eigenvalue weighted by molar-refractivity contribution is -0.139. The van der Waals surface area contributed by atoms with Crippen LogP contribution in [-0.4, -0.2) is 48.5 Å². The maximum Gasteiger partial charge on any atom is 0.317 e. The van der Waals surface area contributed by atoms with Crippen molar-refractivity contribution in [1.29, 1.82) is 0 Å². The Morgan fingerprint density at radius 3 is 2.71 bits per heavy atom. The van der Waals surface area contributed by atoms with Gasteiger partial charge in [0.1, 0.15) is 5.82 Å². The van der Waals surface area contributed by atoms with Gasteiger partial charge in [0.05, 0.1) is 18.1 Å². The molecule has 5 nitrogen and oxygen atoms in total. The van der Waals surface area contributed by atoms with Crippen LogP contribution in [0.15, 0.2) is 22.7 Å². The second-order valence-corrected chi connectivity index (χ2v) is 8.17. The third-order valence-electron chi connectivity index (χ3n) is 3.45. The standard InChI is InChI=1S/C13H15BrFNO4S/c14-12-5-10(15)2-1-9(12)6-16(7-13(17)18)11-3-4-21(19,20)8-11/h1-2,5,11H,3-4,6-8H2,(H,17,18). The second kappa shape index (κ2) is 6.41. The molecule has 1 atom stereocenters. The van der Waals surface area contributed by atoms with Crippen LogP contribution in [0.25, 0.3) is 0 Å². The average Bonchev–Trinajstić information content (AvgIpc) is 2.71. The van der Waals surface area contributed by atoms with E-state index in [1.165, 1.54) is 12.1 Å². The highest BCUT2D eigenvalue weighted by atomic mass is 79.9. The number of benzene rings is 1. The zero-order valence-corrected chi connectivity index (χ0v) is 13.5. The first-order valence-electron chi connectivity index (χ1n) is 6.37. The summed E-state index contributed by atoms with van der Waals surface area (Å²) in [5.74, 6) is -1.35. The quantitative estimate of drug-likeness (QED) is 0.841. The SMILES string of the molecule is O=C(O)CN(Cc1ccc(F)cc1Br)C1CCS(=O)(=O)C1. The molecule has 0 aliphatic carbocycles. The fourth-order valence-electron chi connectivity index (χ4n) is 2.42. The van der Waals surface area contributed by atoms with Crippen LogP contribution >= 0.6 is 15.9 Å². The van der Waals surface area contributed by atoms with E-state index in [0.29, 0.717) is 10.9 Å². The van der Waals surface area contributed by atoms with E-state index in [1.807, 2.05) is 0 Å². The molecule has 1 heterocycles.